The molecule has 0 spiro atoms. The summed E-state index contributed by atoms with van der Waals surface area (Å²) >= 11 is 3.55. The number of carbonyl (C=O) groups excluding carboxylic acids is 8. The molecule has 39 heteroatoms. The van der Waals surface area contributed by atoms with Crippen molar-refractivity contribution in [1.29, 1.82) is 0 Å². The zero-order valence-electron chi connectivity index (χ0n) is 87.1. The average Bonchev–Trinajstić information content (AvgIpc) is 1.61. The lowest BCUT2D eigenvalue weighted by Crippen LogP contribution is -2.26. The normalized spacial score (nSPS) is 11.3. The van der Waals surface area contributed by atoms with Gasteiger partial charge in [-0.3, -0.25) is 37.4 Å². The van der Waals surface area contributed by atoms with Gasteiger partial charge in [-0.25, -0.2) is 36.0 Å². The third-order valence-electron chi connectivity index (χ3n) is 21.5. The van der Waals surface area contributed by atoms with Crippen LogP contribution >= 0.6 is 23.5 Å². The van der Waals surface area contributed by atoms with Gasteiger partial charge in [-0.2, -0.15) is 23.5 Å². The fourth-order valence-electron chi connectivity index (χ4n) is 14.5. The van der Waals surface area contributed by atoms with Crippen molar-refractivity contribution in [3.63, 3.8) is 0 Å². The van der Waals surface area contributed by atoms with Crippen LogP contribution in [0.15, 0.2) is 188 Å². The lowest BCUT2D eigenvalue weighted by Gasteiger charge is -2.16. The maximum absolute atomic E-state index is 13.3. The molecule has 11 aromatic rings. The van der Waals surface area contributed by atoms with Gasteiger partial charge in [0.1, 0.15) is 79.6 Å². The number of sulfone groups is 2. The van der Waals surface area contributed by atoms with E-state index >= 15 is 0 Å². The number of rotatable bonds is 43. The molecule has 12 rings (SSSR count). The quantitative estimate of drug-likeness (QED) is 0.0157. The largest absolute Gasteiger partial charge is 0.508 e. The molecule has 1 saturated heterocycles. The predicted octanol–water partition coefficient (Wildman–Crippen LogP) is 16.5. The van der Waals surface area contributed by atoms with Gasteiger partial charge in [0.2, 0.25) is 0 Å². The molecule has 0 aliphatic carbocycles. The number of phenolic OH excluding ortho intramolecular Hbond substituents is 1. The first-order valence-corrected chi connectivity index (χ1v) is 54.6. The standard InChI is InChI=1S/C28H34N2O7S.C28H34N2O5S.C24H26N2O5.C20H26N2O8S.C4H10OS.C4H8O/c1-6-35-28(32)25-26(37-19-21-11-8-7-9-12-21)20(2)24(27(31)29(3)4)30(25)22-13-15-23(16-14-22)36-17-10-18-38(5,33)34;1-6-33-28(32)25-26(35-19-21-11-8-7-9-12-21)20(2)24(27(31)29(3)4)30(25)22-13-15-23(16-14-22)34-17-10-18-36-5;1-5-30-24(29)21-22(31-15-17-9-7-6-8-10-17)16(2)20(23(28)25(3)4)26(21)18-11-13-19(27)14-12-18;1-5-29-20(26)16-18(24)17(23)15(19(25)21(2)3)22(16)13-7-9-14(10-8-13)30-11-6-12-31(4,27)28;1-6-4-2-3-5;1-2-4-5-3-1/h7-9,11-16H,6,10,17-19H2,1-5H3;7-9,11-16H,6,10,17-19H2,1-5H3;6-14,27H,5,15H2,1-4H3;7-10,23-24H,5-6,11-12H2,1-4H3;5H,2-4H2,1H3;1-4H2. The van der Waals surface area contributed by atoms with E-state index in [-0.39, 0.29) is 134 Å². The minimum atomic E-state index is -3.07. The number of aromatic hydroxyl groups is 3. The second kappa shape index (κ2) is 60.3. The van der Waals surface area contributed by atoms with Gasteiger partial charge in [0.25, 0.3) is 23.6 Å². The smallest absolute Gasteiger partial charge is 0.359 e. The highest BCUT2D eigenvalue weighted by molar-refractivity contribution is 7.98. The van der Waals surface area contributed by atoms with E-state index in [0.29, 0.717) is 99.9 Å². The van der Waals surface area contributed by atoms with E-state index in [0.717, 1.165) is 70.8 Å². The molecular formula is C108H138N8O27S4. The Morgan fingerprint density at radius 1 is 0.347 bits per heavy atom. The fourth-order valence-corrected chi connectivity index (χ4v) is 16.6. The van der Waals surface area contributed by atoms with Gasteiger partial charge >= 0.3 is 23.9 Å². The lowest BCUT2D eigenvalue weighted by molar-refractivity contribution is 0.0501. The van der Waals surface area contributed by atoms with E-state index in [1.807, 2.05) is 122 Å². The molecule has 1 aliphatic heterocycles. The number of nitrogens with zero attached hydrogens (tertiary/aromatic N) is 8. The molecule has 35 nitrogen and oxygen atoms in total. The van der Waals surface area contributed by atoms with E-state index in [9.17, 15) is 70.5 Å². The molecule has 4 N–H and O–H groups in total. The van der Waals surface area contributed by atoms with E-state index in [1.54, 1.807) is 172 Å². The maximum atomic E-state index is 13.3. The van der Waals surface area contributed by atoms with Gasteiger partial charge in [0, 0.05) is 128 Å². The van der Waals surface area contributed by atoms with Crippen molar-refractivity contribution in [2.24, 2.45) is 0 Å². The Kier molecular flexibility index (Phi) is 49.3. The molecule has 0 atom stereocenters. The molecule has 1 aliphatic rings. The summed E-state index contributed by atoms with van der Waals surface area (Å²) in [5, 5.41) is 38.6. The Bertz CT molecular complexity index is 6310. The number of ether oxygens (including phenoxy) is 11. The van der Waals surface area contributed by atoms with Crippen LogP contribution in [0.4, 0.5) is 0 Å². The Labute approximate surface area is 869 Å². The van der Waals surface area contributed by atoms with Crippen molar-refractivity contribution >= 4 is 90.7 Å². The van der Waals surface area contributed by atoms with E-state index < -0.39 is 61.0 Å². The van der Waals surface area contributed by atoms with Crippen molar-refractivity contribution in [2.45, 2.75) is 107 Å². The molecule has 1 fully saturated rings. The van der Waals surface area contributed by atoms with Crippen LogP contribution in [0.2, 0.25) is 0 Å². The number of esters is 4. The monoisotopic (exact) mass is 2110 g/mol. The van der Waals surface area contributed by atoms with Crippen LogP contribution in [-0.4, -0.2) is 293 Å². The SMILES string of the molecule is C1CCOC1.CCOC(=O)c1c(O)c(O)c(C(=O)N(C)C)n1-c1ccc(OCCCS(C)(=O)=O)cc1.CCOC(=O)c1c(OCc2ccccc2)c(C)c(C(=O)N(C)C)n1-c1ccc(O)cc1.CCOC(=O)c1c(OCc2ccccc2)c(C)c(C(=O)N(C)C)n1-c1ccc(OCCCS(C)(=O)=O)cc1.CCOC(=O)c1c(OCc2ccccc2)c(C)c(C(=O)N(C)C)n1-c1ccc(OCCCSC)cc1.CSCCCO. The molecule has 0 radical (unpaired) electrons. The van der Waals surface area contributed by atoms with Crippen LogP contribution < -0.4 is 28.4 Å². The number of phenols is 1. The number of thioether (sulfide) groups is 2. The van der Waals surface area contributed by atoms with Gasteiger partial charge in [0.15, 0.2) is 57.2 Å². The zero-order chi connectivity index (χ0) is 108. The third-order valence-corrected chi connectivity index (χ3v) is 25.0. The number of amides is 4. The summed E-state index contributed by atoms with van der Waals surface area (Å²) in [6.45, 7) is 16.7. The zero-order valence-corrected chi connectivity index (χ0v) is 90.3. The number of hydrogen-bond acceptors (Lipinski definition) is 29. The van der Waals surface area contributed by atoms with E-state index in [2.05, 4.69) is 6.26 Å². The highest BCUT2D eigenvalue weighted by atomic mass is 32.2. The average molecular weight is 2110 g/mol. The molecule has 0 saturated carbocycles. The van der Waals surface area contributed by atoms with Crippen molar-refractivity contribution < 1.29 is 128 Å². The van der Waals surface area contributed by atoms with E-state index in [1.165, 1.54) is 81.6 Å². The van der Waals surface area contributed by atoms with Crippen molar-refractivity contribution in [2.75, 3.05) is 170 Å². The first-order valence-electron chi connectivity index (χ1n) is 47.6. The third kappa shape index (κ3) is 35.5. The molecule has 796 valence electrons. The highest BCUT2D eigenvalue weighted by Crippen LogP contribution is 2.43. The summed E-state index contributed by atoms with van der Waals surface area (Å²) in [6.07, 6.45) is 11.6. The van der Waals surface area contributed by atoms with Crippen LogP contribution in [-0.2, 0) is 63.2 Å². The van der Waals surface area contributed by atoms with Crippen molar-refractivity contribution in [1.82, 2.24) is 37.9 Å². The van der Waals surface area contributed by atoms with Crippen LogP contribution in [0.5, 0.6) is 51.7 Å². The Morgan fingerprint density at radius 2 is 0.605 bits per heavy atom. The summed E-state index contributed by atoms with van der Waals surface area (Å²) in [4.78, 5) is 110. The van der Waals surface area contributed by atoms with Crippen LogP contribution in [0.1, 0.15) is 184 Å². The first-order chi connectivity index (χ1) is 70.1. The summed E-state index contributed by atoms with van der Waals surface area (Å²) in [7, 11) is 6.73. The number of aliphatic hydroxyl groups excluding tert-OH is 1. The molecule has 5 heterocycles. The fraction of sp³-hybridized carbons (Fsp3) is 0.389. The minimum Gasteiger partial charge on any atom is -0.508 e. The predicted molar refractivity (Wildman–Crippen MR) is 569 cm³/mol. The first kappa shape index (κ1) is 120. The Balaban J connectivity index is 0.000000256. The Hall–Kier alpha value is -13.9. The van der Waals surface area contributed by atoms with Gasteiger partial charge in [-0.1, -0.05) is 91.0 Å². The van der Waals surface area contributed by atoms with Gasteiger partial charge in [-0.15, -0.1) is 0 Å². The van der Waals surface area contributed by atoms with Gasteiger partial charge in [0.05, 0.1) is 57.8 Å². The van der Waals surface area contributed by atoms with E-state index in [4.69, 9.17) is 57.2 Å². The molecule has 0 bridgehead atoms. The number of carbonyl (C=O) groups is 8. The van der Waals surface area contributed by atoms with Crippen LogP contribution in [0, 0.1) is 20.8 Å². The van der Waals surface area contributed by atoms with Crippen molar-refractivity contribution in [3.8, 4) is 74.5 Å². The summed E-state index contributed by atoms with van der Waals surface area (Å²) < 4.78 is 112. The highest BCUT2D eigenvalue weighted by Gasteiger charge is 2.38. The van der Waals surface area contributed by atoms with Crippen LogP contribution in [0.3, 0.4) is 0 Å². The number of aromatic nitrogens is 4. The summed E-state index contributed by atoms with van der Waals surface area (Å²) in [5.74, 6) is -0.804. The molecule has 0 unspecified atom stereocenters. The number of aliphatic hydroxyl groups is 1. The van der Waals surface area contributed by atoms with Crippen molar-refractivity contribution in [3.05, 3.63) is 267 Å². The molecule has 7 aromatic carbocycles. The minimum absolute atomic E-state index is 0.00586. The summed E-state index contributed by atoms with van der Waals surface area (Å²) in [5.41, 5.74) is 7.09. The Morgan fingerprint density at radius 3 is 0.857 bits per heavy atom. The van der Waals surface area contributed by atoms with Gasteiger partial charge in [-0.05, 0) is 225 Å². The second-order valence-electron chi connectivity index (χ2n) is 33.9. The molecule has 4 aromatic heterocycles. The van der Waals surface area contributed by atoms with Crippen LogP contribution in [0.25, 0.3) is 22.7 Å². The lowest BCUT2D eigenvalue weighted by atomic mass is 10.2. The second-order valence-corrected chi connectivity index (χ2v) is 40.4. The topological polar surface area (TPSA) is 420 Å². The molecule has 147 heavy (non-hydrogen) atoms. The summed E-state index contributed by atoms with van der Waals surface area (Å²) in [6, 6.07) is 55.4. The molecule has 4 amide bonds. The number of hydrogen-bond donors (Lipinski definition) is 4. The number of benzene rings is 7. The molecular weight excluding hydrogens is 1970 g/mol. The maximum Gasteiger partial charge on any atom is 0.359 e. The van der Waals surface area contributed by atoms with Gasteiger partial charge < -0.3 is 92.1 Å².